The number of anilines is 1. The molecule has 1 heterocycles. The number of aryl methyl sites for hydroxylation is 1. The van der Waals surface area contributed by atoms with Crippen molar-refractivity contribution in [2.24, 2.45) is 0 Å². The Kier molecular flexibility index (Phi) is 5.02. The summed E-state index contributed by atoms with van der Waals surface area (Å²) in [6, 6.07) is 13.6. The minimum absolute atomic E-state index is 0.287. The second kappa shape index (κ2) is 7.56. The molecule has 3 rings (SSSR count). The van der Waals surface area contributed by atoms with E-state index in [0.29, 0.717) is 23.6 Å². The Balaban J connectivity index is 1.88. The maximum atomic E-state index is 12.6. The maximum absolute atomic E-state index is 12.6. The Morgan fingerprint density at radius 1 is 1.15 bits per heavy atom. The smallest absolute Gasteiger partial charge is 0.339 e. The first kappa shape index (κ1) is 17.3. The van der Waals surface area contributed by atoms with E-state index in [1.807, 2.05) is 13.0 Å². The Hall–Kier alpha value is -3.55. The van der Waals surface area contributed by atoms with E-state index < -0.39 is 5.97 Å². The molecule has 0 radical (unpaired) electrons. The zero-order chi connectivity index (χ0) is 18.5. The molecule has 26 heavy (non-hydrogen) atoms. The number of amides is 1. The van der Waals surface area contributed by atoms with Gasteiger partial charge in [-0.1, -0.05) is 24.3 Å². The second-order valence-electron chi connectivity index (χ2n) is 5.39. The van der Waals surface area contributed by atoms with Crippen molar-refractivity contribution in [1.29, 1.82) is 0 Å². The van der Waals surface area contributed by atoms with Crippen LogP contribution in [-0.4, -0.2) is 39.2 Å². The number of aromatic nitrogens is 4. The molecule has 1 amide bonds. The number of tetrazole rings is 1. The predicted molar refractivity (Wildman–Crippen MR) is 94.7 cm³/mol. The van der Waals surface area contributed by atoms with Crippen molar-refractivity contribution >= 4 is 17.6 Å². The molecular formula is C18H17N5O3. The minimum Gasteiger partial charge on any atom is -0.465 e. The standard InChI is InChI=1S/C18H17N5O3/c1-3-23-16(20-21-22-23)12-7-6-8-13(11-12)17(24)19-15-10-5-4-9-14(15)18(25)26-2/h4-11H,3H2,1-2H3,(H,19,24). The molecule has 0 saturated heterocycles. The molecule has 0 bridgehead atoms. The fraction of sp³-hybridized carbons (Fsp3) is 0.167. The minimum atomic E-state index is -0.517. The molecular weight excluding hydrogens is 334 g/mol. The van der Waals surface area contributed by atoms with Gasteiger partial charge in [-0.2, -0.15) is 0 Å². The van der Waals surface area contributed by atoms with Gasteiger partial charge in [-0.3, -0.25) is 4.79 Å². The van der Waals surface area contributed by atoms with Gasteiger partial charge in [-0.15, -0.1) is 5.10 Å². The number of methoxy groups -OCH3 is 1. The number of para-hydroxylation sites is 1. The number of hydrogen-bond acceptors (Lipinski definition) is 6. The zero-order valence-electron chi connectivity index (χ0n) is 14.3. The largest absolute Gasteiger partial charge is 0.465 e. The van der Waals surface area contributed by atoms with Crippen molar-refractivity contribution in [3.05, 3.63) is 59.7 Å². The Bertz CT molecular complexity index is 951. The van der Waals surface area contributed by atoms with Gasteiger partial charge in [0, 0.05) is 17.7 Å². The molecule has 0 unspecified atom stereocenters. The van der Waals surface area contributed by atoms with Crippen LogP contribution in [0.2, 0.25) is 0 Å². The Labute approximate surface area is 149 Å². The van der Waals surface area contributed by atoms with Crippen molar-refractivity contribution in [1.82, 2.24) is 20.2 Å². The lowest BCUT2D eigenvalue weighted by Crippen LogP contribution is -2.15. The van der Waals surface area contributed by atoms with Crippen molar-refractivity contribution < 1.29 is 14.3 Å². The number of nitrogens with zero attached hydrogens (tertiary/aromatic N) is 4. The van der Waals surface area contributed by atoms with E-state index in [4.69, 9.17) is 4.74 Å². The molecule has 0 aliphatic heterocycles. The first-order valence-corrected chi connectivity index (χ1v) is 7.99. The van der Waals surface area contributed by atoms with E-state index in [1.54, 1.807) is 47.1 Å². The van der Waals surface area contributed by atoms with Gasteiger partial charge in [0.25, 0.3) is 5.91 Å². The number of benzene rings is 2. The molecule has 0 fully saturated rings. The van der Waals surface area contributed by atoms with Crippen LogP contribution < -0.4 is 5.32 Å². The summed E-state index contributed by atoms with van der Waals surface area (Å²) in [6.45, 7) is 2.55. The Morgan fingerprint density at radius 3 is 2.73 bits per heavy atom. The van der Waals surface area contributed by atoms with Crippen LogP contribution in [0, 0.1) is 0 Å². The molecule has 8 nitrogen and oxygen atoms in total. The first-order chi connectivity index (χ1) is 12.6. The molecule has 3 aromatic rings. The van der Waals surface area contributed by atoms with Gasteiger partial charge in [0.1, 0.15) is 0 Å². The third-order valence-corrected chi connectivity index (χ3v) is 3.79. The van der Waals surface area contributed by atoms with E-state index in [9.17, 15) is 9.59 Å². The van der Waals surface area contributed by atoms with Crippen LogP contribution in [-0.2, 0) is 11.3 Å². The summed E-state index contributed by atoms with van der Waals surface area (Å²) >= 11 is 0. The average Bonchev–Trinajstić information content (AvgIpc) is 3.16. The fourth-order valence-corrected chi connectivity index (χ4v) is 2.50. The lowest BCUT2D eigenvalue weighted by Gasteiger charge is -2.10. The van der Waals surface area contributed by atoms with Crippen LogP contribution >= 0.6 is 0 Å². The van der Waals surface area contributed by atoms with Crippen molar-refractivity contribution in [2.45, 2.75) is 13.5 Å². The highest BCUT2D eigenvalue weighted by Crippen LogP contribution is 2.20. The number of esters is 1. The molecule has 0 spiro atoms. The number of carbonyl (C=O) groups is 2. The average molecular weight is 351 g/mol. The van der Waals surface area contributed by atoms with Crippen molar-refractivity contribution in [3.8, 4) is 11.4 Å². The van der Waals surface area contributed by atoms with Crippen LogP contribution in [0.1, 0.15) is 27.6 Å². The normalized spacial score (nSPS) is 10.4. The summed E-state index contributed by atoms with van der Waals surface area (Å²) in [7, 11) is 1.29. The van der Waals surface area contributed by atoms with Gasteiger partial charge in [0.2, 0.25) is 0 Å². The lowest BCUT2D eigenvalue weighted by molar-refractivity contribution is 0.0602. The van der Waals surface area contributed by atoms with E-state index in [1.165, 1.54) is 7.11 Å². The van der Waals surface area contributed by atoms with E-state index in [-0.39, 0.29) is 11.5 Å². The number of nitrogens with one attached hydrogen (secondary N) is 1. The summed E-state index contributed by atoms with van der Waals surface area (Å²) in [4.78, 5) is 24.5. The zero-order valence-corrected chi connectivity index (χ0v) is 14.3. The summed E-state index contributed by atoms with van der Waals surface area (Å²) in [5.41, 5.74) is 1.82. The summed E-state index contributed by atoms with van der Waals surface area (Å²) in [5, 5.41) is 14.3. The van der Waals surface area contributed by atoms with Gasteiger partial charge < -0.3 is 10.1 Å². The predicted octanol–water partition coefficient (Wildman–Crippen LogP) is 2.40. The lowest BCUT2D eigenvalue weighted by atomic mass is 10.1. The monoisotopic (exact) mass is 351 g/mol. The molecule has 0 saturated carbocycles. The van der Waals surface area contributed by atoms with Gasteiger partial charge in [0.05, 0.1) is 18.4 Å². The fourth-order valence-electron chi connectivity index (χ4n) is 2.50. The van der Waals surface area contributed by atoms with Crippen LogP contribution in [0.15, 0.2) is 48.5 Å². The van der Waals surface area contributed by atoms with Crippen molar-refractivity contribution in [2.75, 3.05) is 12.4 Å². The molecule has 2 aromatic carbocycles. The van der Waals surface area contributed by atoms with E-state index in [0.717, 1.165) is 5.56 Å². The third-order valence-electron chi connectivity index (χ3n) is 3.79. The highest BCUT2D eigenvalue weighted by atomic mass is 16.5. The van der Waals surface area contributed by atoms with Crippen LogP contribution in [0.25, 0.3) is 11.4 Å². The Morgan fingerprint density at radius 2 is 1.96 bits per heavy atom. The number of ether oxygens (including phenoxy) is 1. The molecule has 1 aromatic heterocycles. The molecule has 0 aliphatic carbocycles. The summed E-state index contributed by atoms with van der Waals surface area (Å²) < 4.78 is 6.39. The van der Waals surface area contributed by atoms with E-state index >= 15 is 0 Å². The maximum Gasteiger partial charge on any atom is 0.339 e. The molecule has 0 atom stereocenters. The molecule has 1 N–H and O–H groups in total. The van der Waals surface area contributed by atoms with Gasteiger partial charge in [-0.05, 0) is 41.6 Å². The topological polar surface area (TPSA) is 99.0 Å². The molecule has 0 aliphatic rings. The van der Waals surface area contributed by atoms with Gasteiger partial charge in [0.15, 0.2) is 5.82 Å². The third kappa shape index (κ3) is 3.44. The van der Waals surface area contributed by atoms with Gasteiger partial charge >= 0.3 is 5.97 Å². The van der Waals surface area contributed by atoms with Crippen LogP contribution in [0.4, 0.5) is 5.69 Å². The highest BCUT2D eigenvalue weighted by molar-refractivity contribution is 6.08. The quantitative estimate of drug-likeness (QED) is 0.709. The van der Waals surface area contributed by atoms with E-state index in [2.05, 4.69) is 20.8 Å². The highest BCUT2D eigenvalue weighted by Gasteiger charge is 2.15. The summed E-state index contributed by atoms with van der Waals surface area (Å²) in [5.74, 6) is -0.285. The van der Waals surface area contributed by atoms with Gasteiger partial charge in [-0.25, -0.2) is 9.48 Å². The SMILES string of the molecule is CCn1nnnc1-c1cccc(C(=O)Nc2ccccc2C(=O)OC)c1. The molecule has 8 heteroatoms. The van der Waals surface area contributed by atoms with Crippen molar-refractivity contribution in [3.63, 3.8) is 0 Å². The summed E-state index contributed by atoms with van der Waals surface area (Å²) in [6.07, 6.45) is 0. The molecule has 132 valence electrons. The number of carbonyl (C=O) groups excluding carboxylic acids is 2. The second-order valence-corrected chi connectivity index (χ2v) is 5.39. The number of rotatable bonds is 5. The van der Waals surface area contributed by atoms with Crippen LogP contribution in [0.3, 0.4) is 0 Å². The first-order valence-electron chi connectivity index (χ1n) is 7.99. The van der Waals surface area contributed by atoms with Crippen LogP contribution in [0.5, 0.6) is 0 Å². The number of hydrogen-bond donors (Lipinski definition) is 1.